The molecule has 2 nitrogen and oxygen atoms in total. The summed E-state index contributed by atoms with van der Waals surface area (Å²) in [5, 5.41) is 3.59. The molecule has 1 aliphatic rings. The zero-order chi connectivity index (χ0) is 13.9. The van der Waals surface area contributed by atoms with Crippen LogP contribution in [0.3, 0.4) is 0 Å². The summed E-state index contributed by atoms with van der Waals surface area (Å²) in [4.78, 5) is 0. The molecule has 0 aromatic heterocycles. The Morgan fingerprint density at radius 1 is 1.10 bits per heavy atom. The van der Waals surface area contributed by atoms with Gasteiger partial charge in [-0.1, -0.05) is 30.3 Å². The van der Waals surface area contributed by atoms with Crippen molar-refractivity contribution < 1.29 is 4.39 Å². The average molecular weight is 270 g/mol. The number of benzene rings is 2. The van der Waals surface area contributed by atoms with Gasteiger partial charge in [0.2, 0.25) is 0 Å². The monoisotopic (exact) mass is 270 g/mol. The molecule has 0 aliphatic carbocycles. The lowest BCUT2D eigenvalue weighted by Gasteiger charge is -2.35. The van der Waals surface area contributed by atoms with Crippen LogP contribution in [-0.4, -0.2) is 6.54 Å². The summed E-state index contributed by atoms with van der Waals surface area (Å²) in [6.07, 6.45) is 1.98. The highest BCUT2D eigenvalue weighted by Crippen LogP contribution is 2.38. The van der Waals surface area contributed by atoms with Crippen LogP contribution in [0.25, 0.3) is 0 Å². The zero-order valence-corrected chi connectivity index (χ0v) is 11.4. The van der Waals surface area contributed by atoms with Gasteiger partial charge in [0.05, 0.1) is 6.04 Å². The molecule has 0 bridgehead atoms. The molecule has 0 saturated heterocycles. The molecular weight excluding hydrogens is 251 g/mol. The molecule has 3 heteroatoms. The van der Waals surface area contributed by atoms with Crippen LogP contribution in [0.15, 0.2) is 48.5 Å². The van der Waals surface area contributed by atoms with Gasteiger partial charge in [-0.15, -0.1) is 0 Å². The Bertz CT molecular complexity index is 580. The third kappa shape index (κ3) is 2.54. The Morgan fingerprint density at radius 3 is 2.60 bits per heavy atom. The van der Waals surface area contributed by atoms with Gasteiger partial charge in [-0.3, -0.25) is 0 Å². The van der Waals surface area contributed by atoms with Gasteiger partial charge in [-0.2, -0.15) is 0 Å². The number of halogens is 1. The molecule has 0 radical (unpaired) electrons. The van der Waals surface area contributed by atoms with Gasteiger partial charge in [-0.25, -0.2) is 4.39 Å². The van der Waals surface area contributed by atoms with Crippen LogP contribution in [-0.2, 0) is 6.42 Å². The number of hydrogen-bond donors (Lipinski definition) is 2. The van der Waals surface area contributed by atoms with E-state index in [-0.39, 0.29) is 11.9 Å². The number of nitrogens with two attached hydrogens (primary N) is 1. The molecule has 1 heterocycles. The number of rotatable bonds is 3. The lowest BCUT2D eigenvalue weighted by atomic mass is 9.81. The fourth-order valence-corrected chi connectivity index (χ4v) is 3.03. The van der Waals surface area contributed by atoms with E-state index in [1.54, 1.807) is 0 Å². The highest BCUT2D eigenvalue weighted by atomic mass is 19.1. The summed E-state index contributed by atoms with van der Waals surface area (Å²) in [5.41, 5.74) is 9.39. The molecule has 0 saturated carbocycles. The summed E-state index contributed by atoms with van der Waals surface area (Å²) >= 11 is 0. The largest absolute Gasteiger partial charge is 0.378 e. The van der Waals surface area contributed by atoms with Crippen LogP contribution in [0, 0.1) is 11.7 Å². The van der Waals surface area contributed by atoms with E-state index >= 15 is 0 Å². The van der Waals surface area contributed by atoms with Gasteiger partial charge >= 0.3 is 0 Å². The Morgan fingerprint density at radius 2 is 1.85 bits per heavy atom. The second-order valence-electron chi connectivity index (χ2n) is 5.37. The minimum Gasteiger partial charge on any atom is -0.378 e. The van der Waals surface area contributed by atoms with Crippen molar-refractivity contribution in [1.29, 1.82) is 0 Å². The third-order valence-electron chi connectivity index (χ3n) is 4.05. The van der Waals surface area contributed by atoms with Crippen LogP contribution in [0.2, 0.25) is 0 Å². The first-order chi connectivity index (χ1) is 9.78. The van der Waals surface area contributed by atoms with E-state index in [0.29, 0.717) is 12.5 Å². The first kappa shape index (κ1) is 13.1. The number of fused-ring (bicyclic) bond motifs is 1. The molecule has 3 rings (SSSR count). The molecule has 1 aliphatic heterocycles. The minimum atomic E-state index is -0.194. The maximum atomic E-state index is 13.1. The van der Waals surface area contributed by atoms with E-state index in [9.17, 15) is 4.39 Å². The van der Waals surface area contributed by atoms with Gasteiger partial charge in [0.1, 0.15) is 5.82 Å². The summed E-state index contributed by atoms with van der Waals surface area (Å²) < 4.78 is 13.1. The van der Waals surface area contributed by atoms with Crippen LogP contribution in [0.1, 0.15) is 23.6 Å². The predicted molar refractivity (Wildman–Crippen MR) is 80.1 cm³/mol. The van der Waals surface area contributed by atoms with Gasteiger partial charge in [0.25, 0.3) is 0 Å². The molecule has 0 amide bonds. The number of para-hydroxylation sites is 1. The molecule has 0 spiro atoms. The summed E-state index contributed by atoms with van der Waals surface area (Å²) in [6, 6.07) is 15.4. The van der Waals surface area contributed by atoms with Crippen molar-refractivity contribution >= 4 is 5.69 Å². The van der Waals surface area contributed by atoms with Crippen molar-refractivity contribution in [3.8, 4) is 0 Å². The average Bonchev–Trinajstić information content (AvgIpc) is 2.48. The third-order valence-corrected chi connectivity index (χ3v) is 4.05. The lowest BCUT2D eigenvalue weighted by molar-refractivity contribution is 0.413. The van der Waals surface area contributed by atoms with E-state index in [2.05, 4.69) is 23.5 Å². The summed E-state index contributed by atoms with van der Waals surface area (Å²) in [7, 11) is 0. The first-order valence-corrected chi connectivity index (χ1v) is 7.08. The normalized spacial score (nSPS) is 21.1. The maximum Gasteiger partial charge on any atom is 0.123 e. The Kier molecular flexibility index (Phi) is 3.70. The van der Waals surface area contributed by atoms with Crippen molar-refractivity contribution in [3.05, 3.63) is 65.5 Å². The maximum absolute atomic E-state index is 13.1. The van der Waals surface area contributed by atoms with Gasteiger partial charge in [-0.05, 0) is 54.6 Å². The lowest BCUT2D eigenvalue weighted by Crippen LogP contribution is -2.29. The topological polar surface area (TPSA) is 38.0 Å². The molecule has 104 valence electrons. The Hall–Kier alpha value is -1.87. The van der Waals surface area contributed by atoms with E-state index in [1.807, 2.05) is 18.2 Å². The van der Waals surface area contributed by atoms with Crippen molar-refractivity contribution in [1.82, 2.24) is 0 Å². The number of hydrogen-bond acceptors (Lipinski definition) is 2. The Balaban J connectivity index is 1.93. The highest BCUT2D eigenvalue weighted by Gasteiger charge is 2.28. The van der Waals surface area contributed by atoms with Gasteiger partial charge in [0, 0.05) is 5.69 Å². The van der Waals surface area contributed by atoms with Crippen molar-refractivity contribution in [2.45, 2.75) is 18.9 Å². The Labute approximate surface area is 118 Å². The van der Waals surface area contributed by atoms with Crippen LogP contribution >= 0.6 is 0 Å². The number of nitrogens with one attached hydrogen (secondary N) is 1. The van der Waals surface area contributed by atoms with Crippen LogP contribution < -0.4 is 11.1 Å². The fourth-order valence-electron chi connectivity index (χ4n) is 3.03. The molecule has 0 fully saturated rings. The van der Waals surface area contributed by atoms with Crippen molar-refractivity contribution in [2.75, 3.05) is 11.9 Å². The second kappa shape index (κ2) is 5.63. The van der Waals surface area contributed by atoms with E-state index in [4.69, 9.17) is 5.73 Å². The second-order valence-corrected chi connectivity index (χ2v) is 5.37. The van der Waals surface area contributed by atoms with E-state index in [0.717, 1.165) is 18.4 Å². The van der Waals surface area contributed by atoms with E-state index in [1.165, 1.54) is 23.4 Å². The molecule has 2 atom stereocenters. The summed E-state index contributed by atoms with van der Waals surface area (Å²) in [6.45, 7) is 0.673. The molecule has 20 heavy (non-hydrogen) atoms. The first-order valence-electron chi connectivity index (χ1n) is 7.08. The minimum absolute atomic E-state index is 0.194. The van der Waals surface area contributed by atoms with E-state index < -0.39 is 0 Å². The summed E-state index contributed by atoms with van der Waals surface area (Å²) in [5.74, 6) is 0.251. The van der Waals surface area contributed by atoms with Gasteiger partial charge in [0.15, 0.2) is 0 Å². The van der Waals surface area contributed by atoms with Crippen molar-refractivity contribution in [2.24, 2.45) is 11.7 Å². The predicted octanol–water partition coefficient (Wildman–Crippen LogP) is 3.50. The van der Waals surface area contributed by atoms with Crippen LogP contribution in [0.5, 0.6) is 0 Å². The van der Waals surface area contributed by atoms with Crippen LogP contribution in [0.4, 0.5) is 10.1 Å². The molecule has 2 aromatic carbocycles. The SMILES string of the molecule is NCC[C@H]1Cc2ccccc2N[C@H]1c1ccc(F)cc1. The molecular formula is C17H19FN2. The zero-order valence-electron chi connectivity index (χ0n) is 11.4. The molecule has 3 N–H and O–H groups in total. The van der Waals surface area contributed by atoms with Gasteiger partial charge < -0.3 is 11.1 Å². The standard InChI is InChI=1S/C17H19FN2/c18-15-7-5-12(6-8-15)17-14(9-10-19)11-13-3-1-2-4-16(13)20-17/h1-8,14,17,20H,9-11,19H2/t14-,17-/m0/s1. The highest BCUT2D eigenvalue weighted by molar-refractivity contribution is 5.55. The number of anilines is 1. The smallest absolute Gasteiger partial charge is 0.123 e. The quantitative estimate of drug-likeness (QED) is 0.896. The fraction of sp³-hybridized carbons (Fsp3) is 0.294. The van der Waals surface area contributed by atoms with Crippen molar-refractivity contribution in [3.63, 3.8) is 0 Å². The molecule has 2 aromatic rings. The molecule has 0 unspecified atom stereocenters.